The van der Waals surface area contributed by atoms with E-state index in [1.807, 2.05) is 97.3 Å². The largest absolute Gasteiger partial charge is 0.307 e. The van der Waals surface area contributed by atoms with Crippen LogP contribution >= 0.6 is 0 Å². The van der Waals surface area contributed by atoms with E-state index in [-0.39, 0.29) is 51.9 Å². The molecular formula is C40H42N6O4. The second-order valence-electron chi connectivity index (χ2n) is 16.5. The average Bonchev–Trinajstić information content (AvgIpc) is 3.70. The van der Waals surface area contributed by atoms with Crippen LogP contribution in [-0.4, -0.2) is 42.7 Å². The van der Waals surface area contributed by atoms with Gasteiger partial charge in [0.15, 0.2) is 23.1 Å². The molecule has 4 atom stereocenters. The van der Waals surface area contributed by atoms with Crippen molar-refractivity contribution in [2.45, 2.75) is 80.7 Å². The summed E-state index contributed by atoms with van der Waals surface area (Å²) in [6.07, 6.45) is 7.60. The van der Waals surface area contributed by atoms with Crippen molar-refractivity contribution < 1.29 is 19.2 Å². The number of para-hydroxylation sites is 1. The zero-order valence-electron chi connectivity index (χ0n) is 30.1. The second kappa shape index (κ2) is 11.1. The molecule has 4 aliphatic carbocycles. The number of hydrogen-bond donors (Lipinski definition) is 0. The molecule has 3 aromatic rings. The molecule has 0 bridgehead atoms. The number of rotatable bonds is 1. The fourth-order valence-corrected chi connectivity index (χ4v) is 8.78. The van der Waals surface area contributed by atoms with Crippen LogP contribution in [0.15, 0.2) is 66.3 Å². The van der Waals surface area contributed by atoms with Gasteiger partial charge >= 0.3 is 0 Å². The number of carbonyl (C=O) groups is 4. The van der Waals surface area contributed by atoms with Crippen molar-refractivity contribution in [3.63, 3.8) is 0 Å². The molecule has 256 valence electrons. The molecule has 50 heavy (non-hydrogen) atoms. The molecule has 0 N–H and O–H groups in total. The molecular weight excluding hydrogens is 628 g/mol. The predicted octanol–water partition coefficient (Wildman–Crippen LogP) is 7.06. The van der Waals surface area contributed by atoms with E-state index in [0.29, 0.717) is 24.0 Å². The van der Waals surface area contributed by atoms with Gasteiger partial charge in [-0.15, -0.1) is 0 Å². The van der Waals surface area contributed by atoms with E-state index in [0.717, 1.165) is 17.1 Å². The van der Waals surface area contributed by atoms with E-state index in [2.05, 4.69) is 19.9 Å². The highest BCUT2D eigenvalue weighted by molar-refractivity contribution is 6.11. The Labute approximate surface area is 292 Å². The predicted molar refractivity (Wildman–Crippen MR) is 187 cm³/mol. The number of benzene rings is 1. The van der Waals surface area contributed by atoms with Crippen LogP contribution in [0.3, 0.4) is 0 Å². The number of nitrogens with zero attached hydrogens (tertiary/aromatic N) is 6. The lowest BCUT2D eigenvalue weighted by molar-refractivity contribution is -0.129. The summed E-state index contributed by atoms with van der Waals surface area (Å²) in [5, 5.41) is 8.89. The van der Waals surface area contributed by atoms with Gasteiger partial charge in [0.05, 0.1) is 59.3 Å². The van der Waals surface area contributed by atoms with Crippen LogP contribution in [0.25, 0.3) is 15.4 Å². The van der Waals surface area contributed by atoms with Crippen molar-refractivity contribution in [1.82, 2.24) is 19.6 Å². The molecule has 0 saturated carbocycles. The lowest BCUT2D eigenvalue weighted by Crippen LogP contribution is -2.53. The monoisotopic (exact) mass is 670 g/mol. The minimum Gasteiger partial charge on any atom is -0.307 e. The first kappa shape index (κ1) is 34.6. The fraction of sp³-hybridized carbons (Fsp3) is 0.450. The average molecular weight is 671 g/mol. The van der Waals surface area contributed by atoms with Crippen LogP contribution in [0.1, 0.15) is 94.4 Å². The van der Waals surface area contributed by atoms with Gasteiger partial charge in [-0.3, -0.25) is 14.3 Å². The van der Waals surface area contributed by atoms with Gasteiger partial charge in [0, 0.05) is 21.7 Å². The van der Waals surface area contributed by atoms with Gasteiger partial charge in [-0.05, 0) is 71.4 Å². The van der Waals surface area contributed by atoms with Crippen LogP contribution < -0.4 is 0 Å². The van der Waals surface area contributed by atoms with E-state index in [1.165, 1.54) is 0 Å². The summed E-state index contributed by atoms with van der Waals surface area (Å²) in [6.45, 7) is 31.9. The van der Waals surface area contributed by atoms with E-state index < -0.39 is 21.7 Å². The van der Waals surface area contributed by atoms with E-state index in [1.54, 1.807) is 29.2 Å². The van der Waals surface area contributed by atoms with Gasteiger partial charge < -0.3 is 9.59 Å². The van der Waals surface area contributed by atoms with Crippen LogP contribution in [0, 0.1) is 46.6 Å². The molecule has 1 aromatic carbocycles. The first-order chi connectivity index (χ1) is 23.2. The normalized spacial score (nSPS) is 27.6. The Morgan fingerprint density at radius 3 is 1.58 bits per heavy atom. The smallest absolute Gasteiger partial charge is 0.226 e. The van der Waals surface area contributed by atoms with Crippen molar-refractivity contribution in [2.24, 2.45) is 33.5 Å². The van der Waals surface area contributed by atoms with Gasteiger partial charge in [0.1, 0.15) is 0 Å². The molecule has 10 nitrogen and oxygen atoms in total. The van der Waals surface area contributed by atoms with E-state index >= 15 is 0 Å². The summed E-state index contributed by atoms with van der Waals surface area (Å²) in [7, 11) is 0. The molecule has 0 saturated heterocycles. The Kier molecular flexibility index (Phi) is 7.72. The maximum Gasteiger partial charge on any atom is 0.226 e. The summed E-state index contributed by atoms with van der Waals surface area (Å²) in [5.41, 5.74) is 0.494. The number of ketones is 4. The van der Waals surface area contributed by atoms with Crippen LogP contribution in [0.5, 0.6) is 0 Å². The highest BCUT2D eigenvalue weighted by atomic mass is 16.1. The summed E-state index contributed by atoms with van der Waals surface area (Å²) in [6, 6.07) is 9.68. The second-order valence-corrected chi connectivity index (χ2v) is 16.5. The van der Waals surface area contributed by atoms with E-state index in [9.17, 15) is 19.2 Å². The van der Waals surface area contributed by atoms with Gasteiger partial charge in [-0.1, -0.05) is 58.0 Å². The van der Waals surface area contributed by atoms with Crippen molar-refractivity contribution in [1.29, 1.82) is 0 Å². The fourth-order valence-electron chi connectivity index (χ4n) is 8.78. The molecule has 2 heterocycles. The van der Waals surface area contributed by atoms with Crippen LogP contribution in [0.2, 0.25) is 0 Å². The third-order valence-electron chi connectivity index (χ3n) is 11.6. The molecule has 0 spiro atoms. The Balaban J connectivity index is 0.000000174. The van der Waals surface area contributed by atoms with E-state index in [4.69, 9.17) is 13.1 Å². The Bertz CT molecular complexity index is 2140. The van der Waals surface area contributed by atoms with Gasteiger partial charge in [0.2, 0.25) is 11.4 Å². The summed E-state index contributed by atoms with van der Waals surface area (Å²) in [5.74, 6) is -0.846. The molecule has 0 fully saturated rings. The number of aromatic nitrogens is 4. The molecule has 7 rings (SSSR count). The van der Waals surface area contributed by atoms with Gasteiger partial charge in [-0.2, -0.15) is 10.2 Å². The molecule has 4 aliphatic rings. The van der Waals surface area contributed by atoms with Crippen molar-refractivity contribution in [3.05, 3.63) is 112 Å². The number of fused-ring (bicyclic) bond motifs is 4. The minimum absolute atomic E-state index is 0.0361. The van der Waals surface area contributed by atoms with Crippen LogP contribution in [-0.2, 0) is 28.0 Å². The molecule has 0 unspecified atom stereocenters. The topological polar surface area (TPSA) is 113 Å². The molecule has 2 aromatic heterocycles. The maximum atomic E-state index is 13.4. The zero-order valence-corrected chi connectivity index (χ0v) is 30.1. The van der Waals surface area contributed by atoms with Crippen molar-refractivity contribution >= 4 is 23.1 Å². The maximum absolute atomic E-state index is 13.4. The van der Waals surface area contributed by atoms with Crippen molar-refractivity contribution in [2.75, 3.05) is 0 Å². The molecule has 0 radical (unpaired) electrons. The quantitative estimate of drug-likeness (QED) is 0.256. The van der Waals surface area contributed by atoms with Gasteiger partial charge in [-0.25, -0.2) is 14.4 Å². The zero-order chi connectivity index (χ0) is 36.8. The minimum atomic E-state index is -0.866. The molecule has 0 aliphatic heterocycles. The first-order valence-electron chi connectivity index (χ1n) is 16.8. The first-order valence-corrected chi connectivity index (χ1v) is 16.8. The Hall–Kier alpha value is -5.22. The molecule has 0 amide bonds. The van der Waals surface area contributed by atoms with Gasteiger partial charge in [0.25, 0.3) is 0 Å². The number of hydrogen-bond acceptors (Lipinski definition) is 6. The highest BCUT2D eigenvalue weighted by Gasteiger charge is 2.59. The standard InChI is InChI=1S/C21H19N3O2.C19H23N3O2/c1-20(2)17-10-16-14(12-23-24(16)13-8-6-5-7-9-13)18(25)21(17,3)11-15(22-4)19(20)26;1-17(2,3)22-13-8-14-18(4,5)16(24)12(20-7)9-19(14,6)15(23)11(13)10-21-22/h5-9,11-12,17H,10H2,1-3H3;9-10,14H,8H2,1-6H3/t17-,21-;14-,19-/m00/s1. The number of allylic oxidation sites excluding steroid dienone is 4. The molecule has 10 heteroatoms. The summed E-state index contributed by atoms with van der Waals surface area (Å²) >= 11 is 0. The third kappa shape index (κ3) is 4.80. The Morgan fingerprint density at radius 2 is 1.12 bits per heavy atom. The lowest BCUT2D eigenvalue weighted by atomic mass is 9.52. The third-order valence-corrected chi connectivity index (χ3v) is 11.6. The summed E-state index contributed by atoms with van der Waals surface area (Å²) in [4.78, 5) is 58.9. The number of Topliss-reactive ketones (excluding diaryl/α,β-unsaturated/α-hetero) is 4. The Morgan fingerprint density at radius 1 is 0.680 bits per heavy atom. The van der Waals surface area contributed by atoms with Crippen molar-refractivity contribution in [3.8, 4) is 5.69 Å². The summed E-state index contributed by atoms with van der Waals surface area (Å²) < 4.78 is 3.69. The number of carbonyl (C=O) groups excluding carboxylic acids is 4. The van der Waals surface area contributed by atoms with Crippen LogP contribution in [0.4, 0.5) is 0 Å². The lowest BCUT2D eigenvalue weighted by Gasteiger charge is -2.49. The SMILES string of the molecule is [C-]#[N+]C1=C[C@]2(C)C(=O)c3cnn(-c4ccccc4)c3C[C@H]2C(C)(C)C1=O.[C-]#[N+]C1=C[C@]2(C)C(=O)c3cnn(C(C)(C)C)c3C[C@H]2C(C)(C)C1=O. The highest BCUT2D eigenvalue weighted by Crippen LogP contribution is 2.55.